The van der Waals surface area contributed by atoms with E-state index in [0.29, 0.717) is 12.3 Å². The van der Waals surface area contributed by atoms with E-state index >= 15 is 0 Å². The van der Waals surface area contributed by atoms with Gasteiger partial charge in [-0.05, 0) is 23.5 Å². The van der Waals surface area contributed by atoms with Gasteiger partial charge in [-0.25, -0.2) is 4.79 Å². The molecule has 0 bridgehead atoms. The number of carbonyl (C=O) groups excluding carboxylic acids is 1. The molecular weight excluding hydrogens is 216 g/mol. The first-order valence-electron chi connectivity index (χ1n) is 5.91. The molecule has 2 heteroatoms. The second kappa shape index (κ2) is 8.40. The third kappa shape index (κ3) is 5.96. The van der Waals surface area contributed by atoms with E-state index in [0.717, 1.165) is 12.0 Å². The highest BCUT2D eigenvalue weighted by Crippen LogP contribution is 2.14. The van der Waals surface area contributed by atoms with Crippen molar-refractivity contribution in [1.82, 2.24) is 0 Å². The fraction of sp³-hybridized carbons (Fsp3) is 0.500. The fourth-order valence-electron chi connectivity index (χ4n) is 1.54. The van der Waals surface area contributed by atoms with Crippen LogP contribution in [0, 0.1) is 5.92 Å². The van der Waals surface area contributed by atoms with Gasteiger partial charge in [-0.15, -0.1) is 0 Å². The summed E-state index contributed by atoms with van der Waals surface area (Å²) >= 11 is 3.02. The second-order valence-electron chi connectivity index (χ2n) is 3.97. The minimum absolute atomic E-state index is 0.0428. The highest BCUT2D eigenvalue weighted by atomic mass is 32.1. The van der Waals surface area contributed by atoms with Gasteiger partial charge in [0.15, 0.2) is 0 Å². The van der Waals surface area contributed by atoms with E-state index in [9.17, 15) is 4.79 Å². The van der Waals surface area contributed by atoms with Crippen LogP contribution in [0.2, 0.25) is 0 Å². The van der Waals surface area contributed by atoms with E-state index in [1.807, 2.05) is 32.0 Å². The van der Waals surface area contributed by atoms with Gasteiger partial charge in [0.25, 0.3) is 0 Å². The predicted octanol–water partition coefficient (Wildman–Crippen LogP) is 2.99. The maximum absolute atomic E-state index is 11.0. The van der Waals surface area contributed by atoms with Crippen LogP contribution in [0.4, 0.5) is 0 Å². The number of rotatable bonds is 4. The summed E-state index contributed by atoms with van der Waals surface area (Å²) < 4.78 is 0. The molecule has 0 aliphatic heterocycles. The molecule has 0 heterocycles. The molecule has 0 unspecified atom stereocenters. The molecule has 1 aromatic rings. The van der Waals surface area contributed by atoms with Crippen molar-refractivity contribution < 1.29 is 4.79 Å². The minimum Gasteiger partial charge on any atom is -0.237 e. The van der Waals surface area contributed by atoms with E-state index in [-0.39, 0.29) is 5.12 Å². The minimum atomic E-state index is 0.0428. The van der Waals surface area contributed by atoms with Crippen LogP contribution in [0.3, 0.4) is 0 Å². The first-order chi connectivity index (χ1) is 7.59. The molecule has 1 nitrogen and oxygen atoms in total. The molecule has 0 saturated heterocycles. The smallest absolute Gasteiger partial charge is 0.237 e. The van der Waals surface area contributed by atoms with Gasteiger partial charge in [0.2, 0.25) is 0 Å². The van der Waals surface area contributed by atoms with Gasteiger partial charge in [-0.3, -0.25) is 0 Å². The Morgan fingerprint density at radius 1 is 1.19 bits per heavy atom. The summed E-state index contributed by atoms with van der Waals surface area (Å²) in [6.07, 6.45) is 1.52. The zero-order valence-electron chi connectivity index (χ0n) is 10.7. The Morgan fingerprint density at radius 3 is 2.12 bits per heavy atom. The van der Waals surface area contributed by atoms with Crippen LogP contribution in [0.15, 0.2) is 24.3 Å². The molecule has 0 fully saturated rings. The largest absolute Gasteiger partial charge is 0.330 e. The van der Waals surface area contributed by atoms with Gasteiger partial charge in [0.1, 0.15) is 0 Å². The Kier molecular flexibility index (Phi) is 8.00. The summed E-state index contributed by atoms with van der Waals surface area (Å²) in [6.45, 7) is 8.37. The first-order valence-corrected chi connectivity index (χ1v) is 6.41. The van der Waals surface area contributed by atoms with Gasteiger partial charge in [0, 0.05) is 12.6 Å². The summed E-state index contributed by atoms with van der Waals surface area (Å²) in [4.78, 5) is 11.0. The summed E-state index contributed by atoms with van der Waals surface area (Å²) in [5.41, 5.74) is 2.43. The van der Waals surface area contributed by atoms with Gasteiger partial charge in [0.05, 0.1) is 6.42 Å². The lowest BCUT2D eigenvalue weighted by Gasteiger charge is -2.08. The summed E-state index contributed by atoms with van der Waals surface area (Å²) in [6, 6.07) is 8.13. The molecule has 0 saturated carbocycles. The Balaban J connectivity index is 0.00000106. The Morgan fingerprint density at radius 2 is 1.69 bits per heavy atom. The zero-order chi connectivity index (χ0) is 12.6. The van der Waals surface area contributed by atoms with Crippen LogP contribution < -0.4 is 0 Å². The van der Waals surface area contributed by atoms with Gasteiger partial charge in [-0.1, -0.05) is 52.0 Å². The Hall–Kier alpha value is -0.760. The number of benzene rings is 1. The van der Waals surface area contributed by atoms with E-state index < -0.39 is 0 Å². The summed E-state index contributed by atoms with van der Waals surface area (Å²) in [5, 5.41) is 0.0428. The SMILES string of the molecule is CC.CC(C)Cc1ccccc1CC(=O)[SH2+]. The van der Waals surface area contributed by atoms with Crippen LogP contribution >= 0.6 is 0 Å². The van der Waals surface area contributed by atoms with E-state index in [2.05, 4.69) is 32.5 Å². The average Bonchev–Trinajstić information content (AvgIpc) is 2.22. The molecule has 0 aromatic heterocycles. The molecule has 16 heavy (non-hydrogen) atoms. The molecule has 0 aliphatic carbocycles. The molecule has 0 N–H and O–H groups in total. The Bertz CT molecular complexity index is 318. The Labute approximate surface area is 105 Å². The van der Waals surface area contributed by atoms with Crippen molar-refractivity contribution >= 4 is 17.7 Å². The lowest BCUT2D eigenvalue weighted by molar-refractivity contribution is -0.110. The fourth-order valence-corrected chi connectivity index (χ4v) is 1.73. The molecule has 90 valence electrons. The van der Waals surface area contributed by atoms with Gasteiger partial charge < -0.3 is 0 Å². The summed E-state index contributed by atoms with van der Waals surface area (Å²) in [5.74, 6) is 0.626. The van der Waals surface area contributed by atoms with Crippen molar-refractivity contribution in [2.24, 2.45) is 5.92 Å². The first kappa shape index (κ1) is 15.2. The monoisotopic (exact) mass is 239 g/mol. The molecule has 1 rings (SSSR count). The van der Waals surface area contributed by atoms with E-state index in [1.54, 1.807) is 0 Å². The van der Waals surface area contributed by atoms with Crippen LogP contribution in [0.5, 0.6) is 0 Å². The van der Waals surface area contributed by atoms with Crippen LogP contribution in [-0.4, -0.2) is 5.12 Å². The standard InChI is InChI=1S/C12H16OS.C2H6/c1-9(2)7-10-5-3-4-6-11(10)8-12(13)14;1-2/h3-6,9H,7-8H2,1-2H3,(H,13,14);1-2H3/p+1. The molecule has 0 atom stereocenters. The van der Waals surface area contributed by atoms with Crippen molar-refractivity contribution in [3.05, 3.63) is 35.4 Å². The molecule has 0 aliphatic rings. The molecule has 1 aromatic carbocycles. The number of hydrogen-bond acceptors (Lipinski definition) is 1. The highest BCUT2D eigenvalue weighted by Gasteiger charge is 2.08. The van der Waals surface area contributed by atoms with Crippen LogP contribution in [-0.2, 0) is 30.3 Å². The number of carbonyl (C=O) groups is 1. The lowest BCUT2D eigenvalue weighted by Crippen LogP contribution is -2.04. The van der Waals surface area contributed by atoms with Crippen molar-refractivity contribution in [2.45, 2.75) is 40.5 Å². The quantitative estimate of drug-likeness (QED) is 0.738. The van der Waals surface area contributed by atoms with E-state index in [1.165, 1.54) is 5.56 Å². The third-order valence-corrected chi connectivity index (χ3v) is 2.27. The molecule has 0 radical (unpaired) electrons. The maximum atomic E-state index is 11.0. The topological polar surface area (TPSA) is 17.1 Å². The van der Waals surface area contributed by atoms with Crippen molar-refractivity contribution in [3.8, 4) is 0 Å². The van der Waals surface area contributed by atoms with Gasteiger partial charge >= 0.3 is 5.12 Å². The molecule has 0 spiro atoms. The lowest BCUT2D eigenvalue weighted by atomic mass is 9.97. The number of hydrogen-bond donors (Lipinski definition) is 0. The normalized spacial score (nSPS) is 9.62. The molecule has 0 amide bonds. The van der Waals surface area contributed by atoms with Crippen LogP contribution in [0.1, 0.15) is 38.8 Å². The van der Waals surface area contributed by atoms with Crippen LogP contribution in [0.25, 0.3) is 0 Å². The second-order valence-corrected chi connectivity index (χ2v) is 4.52. The van der Waals surface area contributed by atoms with Crippen molar-refractivity contribution in [2.75, 3.05) is 0 Å². The maximum Gasteiger partial charge on any atom is 0.330 e. The predicted molar refractivity (Wildman–Crippen MR) is 75.2 cm³/mol. The van der Waals surface area contributed by atoms with E-state index in [4.69, 9.17) is 0 Å². The zero-order valence-corrected chi connectivity index (χ0v) is 11.7. The third-order valence-electron chi connectivity index (χ3n) is 2.10. The summed E-state index contributed by atoms with van der Waals surface area (Å²) in [7, 11) is 0. The highest BCUT2D eigenvalue weighted by molar-refractivity contribution is 7.77. The van der Waals surface area contributed by atoms with Gasteiger partial charge in [-0.2, -0.15) is 0 Å². The molecular formula is C14H23OS+. The van der Waals surface area contributed by atoms with Crippen molar-refractivity contribution in [1.29, 1.82) is 0 Å². The average molecular weight is 239 g/mol. The van der Waals surface area contributed by atoms with Crippen molar-refractivity contribution in [3.63, 3.8) is 0 Å².